The summed E-state index contributed by atoms with van der Waals surface area (Å²) in [6.07, 6.45) is 0. The Hall–Kier alpha value is -1.47. The fourth-order valence-corrected chi connectivity index (χ4v) is 1.75. The summed E-state index contributed by atoms with van der Waals surface area (Å²) in [6.45, 7) is 1.21. The summed E-state index contributed by atoms with van der Waals surface area (Å²) in [5, 5.41) is 19.8. The van der Waals surface area contributed by atoms with E-state index >= 15 is 0 Å². The molecule has 0 saturated heterocycles. The highest BCUT2D eigenvalue weighted by Crippen LogP contribution is 2.34. The maximum absolute atomic E-state index is 10.9. The van der Waals surface area contributed by atoms with Crippen molar-refractivity contribution < 1.29 is 14.8 Å². The smallest absolute Gasteiger partial charge is 0.328 e. The quantitative estimate of drug-likeness (QED) is 0.649. The van der Waals surface area contributed by atoms with Crippen LogP contribution in [0.3, 0.4) is 0 Å². The first-order valence-corrected chi connectivity index (χ1v) is 5.03. The lowest BCUT2D eigenvalue weighted by molar-refractivity contribution is -0.386. The molecule has 0 spiro atoms. The Kier molecular flexibility index (Phi) is 3.30. The summed E-state index contributed by atoms with van der Waals surface area (Å²) in [6, 6.07) is 4.29. The number of carboxylic acids is 1. The topological polar surface area (TPSA) is 106 Å². The average Bonchev–Trinajstić information content (AvgIpc) is 2.16. The average molecular weight is 289 g/mol. The van der Waals surface area contributed by atoms with Crippen molar-refractivity contribution in [2.75, 3.05) is 0 Å². The zero-order valence-electron chi connectivity index (χ0n) is 8.31. The van der Waals surface area contributed by atoms with Crippen LogP contribution in [0.25, 0.3) is 0 Å². The minimum Gasteiger partial charge on any atom is -0.480 e. The molecule has 1 rings (SSSR count). The molecule has 0 aliphatic heterocycles. The molecule has 0 heterocycles. The lowest BCUT2D eigenvalue weighted by atomic mass is 9.92. The summed E-state index contributed by atoms with van der Waals surface area (Å²) in [7, 11) is 0. The van der Waals surface area contributed by atoms with Crippen molar-refractivity contribution in [2.24, 2.45) is 5.73 Å². The Morgan fingerprint density at radius 1 is 1.62 bits per heavy atom. The molecule has 1 aromatic rings. The molecule has 0 fully saturated rings. The van der Waals surface area contributed by atoms with Crippen LogP contribution in [0.2, 0.25) is 0 Å². The summed E-state index contributed by atoms with van der Waals surface area (Å²) < 4.78 is 0.202. The molecule has 0 aliphatic carbocycles. The molecule has 0 radical (unpaired) electrons. The molecule has 16 heavy (non-hydrogen) atoms. The third-order valence-corrected chi connectivity index (χ3v) is 2.81. The summed E-state index contributed by atoms with van der Waals surface area (Å²) in [5.41, 5.74) is 3.40. The van der Waals surface area contributed by atoms with Gasteiger partial charge in [-0.25, -0.2) is 4.79 Å². The Balaban J connectivity index is 3.51. The van der Waals surface area contributed by atoms with E-state index in [4.69, 9.17) is 10.8 Å². The molecule has 0 aromatic heterocycles. The number of nitro benzene ring substituents is 1. The number of hydrogen-bond donors (Lipinski definition) is 2. The van der Waals surface area contributed by atoms with Gasteiger partial charge in [-0.05, 0) is 35.0 Å². The molecule has 7 heteroatoms. The van der Waals surface area contributed by atoms with Gasteiger partial charge in [0.2, 0.25) is 0 Å². The molecule has 0 bridgehead atoms. The van der Waals surface area contributed by atoms with E-state index in [1.54, 1.807) is 0 Å². The minimum absolute atomic E-state index is 0.0422. The maximum atomic E-state index is 10.9. The van der Waals surface area contributed by atoms with E-state index in [2.05, 4.69) is 15.9 Å². The van der Waals surface area contributed by atoms with Crippen LogP contribution < -0.4 is 5.73 Å². The third kappa shape index (κ3) is 2.05. The first-order chi connectivity index (χ1) is 7.28. The molecule has 86 valence electrons. The highest BCUT2D eigenvalue weighted by atomic mass is 79.9. The predicted molar refractivity (Wildman–Crippen MR) is 60.0 cm³/mol. The lowest BCUT2D eigenvalue weighted by Gasteiger charge is -2.19. The van der Waals surface area contributed by atoms with Crippen LogP contribution in [0.15, 0.2) is 22.7 Å². The Morgan fingerprint density at radius 2 is 2.19 bits per heavy atom. The van der Waals surface area contributed by atoms with E-state index in [1.807, 2.05) is 0 Å². The number of para-hydroxylation sites is 1. The zero-order chi connectivity index (χ0) is 12.5. The molecule has 3 N–H and O–H groups in total. The molecule has 1 aromatic carbocycles. The van der Waals surface area contributed by atoms with Gasteiger partial charge >= 0.3 is 5.97 Å². The third-order valence-electron chi connectivity index (χ3n) is 2.17. The van der Waals surface area contributed by atoms with E-state index in [1.165, 1.54) is 25.1 Å². The SMILES string of the molecule is C[C@](N)(C(=O)O)c1cccc(Br)c1[N+](=O)[O-]. The largest absolute Gasteiger partial charge is 0.480 e. The number of nitrogens with zero attached hydrogens (tertiary/aromatic N) is 1. The van der Waals surface area contributed by atoms with Crippen LogP contribution in [0.4, 0.5) is 5.69 Å². The second kappa shape index (κ2) is 4.18. The van der Waals surface area contributed by atoms with Crippen molar-refractivity contribution in [1.29, 1.82) is 0 Å². The molecule has 0 amide bonds. The number of halogens is 1. The van der Waals surface area contributed by atoms with Gasteiger partial charge in [-0.3, -0.25) is 10.1 Å². The Labute approximate surface area is 99.3 Å². The Morgan fingerprint density at radius 3 is 2.62 bits per heavy atom. The fraction of sp³-hybridized carbons (Fsp3) is 0.222. The van der Waals surface area contributed by atoms with Crippen LogP contribution in [-0.2, 0) is 10.3 Å². The molecule has 0 aliphatic rings. The second-order valence-corrected chi connectivity index (χ2v) is 4.25. The molecular formula is C9H9BrN2O4. The van der Waals surface area contributed by atoms with Crippen molar-refractivity contribution in [1.82, 2.24) is 0 Å². The van der Waals surface area contributed by atoms with E-state index < -0.39 is 16.4 Å². The molecule has 0 saturated carbocycles. The first-order valence-electron chi connectivity index (χ1n) is 4.24. The van der Waals surface area contributed by atoms with Gasteiger partial charge in [0.25, 0.3) is 5.69 Å². The van der Waals surface area contributed by atoms with Crippen molar-refractivity contribution in [3.63, 3.8) is 0 Å². The Bertz CT molecular complexity index is 459. The van der Waals surface area contributed by atoms with E-state index in [9.17, 15) is 14.9 Å². The summed E-state index contributed by atoms with van der Waals surface area (Å²) in [4.78, 5) is 21.1. The maximum Gasteiger partial charge on any atom is 0.328 e. The first kappa shape index (κ1) is 12.6. The van der Waals surface area contributed by atoms with Crippen LogP contribution in [0, 0.1) is 10.1 Å². The summed E-state index contributed by atoms with van der Waals surface area (Å²) in [5.74, 6) is -1.33. The minimum atomic E-state index is -1.80. The van der Waals surface area contributed by atoms with Gasteiger partial charge in [-0.1, -0.05) is 6.07 Å². The lowest BCUT2D eigenvalue weighted by Crippen LogP contribution is -2.42. The van der Waals surface area contributed by atoms with Gasteiger partial charge in [0.15, 0.2) is 0 Å². The monoisotopic (exact) mass is 288 g/mol. The zero-order valence-corrected chi connectivity index (χ0v) is 9.89. The number of aliphatic carboxylic acids is 1. The number of benzene rings is 1. The van der Waals surface area contributed by atoms with Gasteiger partial charge in [0.1, 0.15) is 5.54 Å². The number of carbonyl (C=O) groups is 1. The second-order valence-electron chi connectivity index (χ2n) is 3.40. The molecule has 0 unspecified atom stereocenters. The van der Waals surface area contributed by atoms with Crippen molar-refractivity contribution in [3.05, 3.63) is 38.3 Å². The van der Waals surface area contributed by atoms with Crippen LogP contribution in [0.1, 0.15) is 12.5 Å². The molecular weight excluding hydrogens is 280 g/mol. The normalized spacial score (nSPS) is 14.2. The van der Waals surface area contributed by atoms with Gasteiger partial charge in [-0.2, -0.15) is 0 Å². The number of nitro groups is 1. The van der Waals surface area contributed by atoms with Gasteiger partial charge in [0, 0.05) is 0 Å². The highest BCUT2D eigenvalue weighted by Gasteiger charge is 2.37. The number of hydrogen-bond acceptors (Lipinski definition) is 4. The van der Waals surface area contributed by atoms with Crippen LogP contribution in [0.5, 0.6) is 0 Å². The number of rotatable bonds is 3. The van der Waals surface area contributed by atoms with Crippen molar-refractivity contribution >= 4 is 27.6 Å². The standard InChI is InChI=1S/C9H9BrN2O4/c1-9(11,8(13)14)5-3-2-4-6(10)7(5)12(15)16/h2-4H,11H2,1H3,(H,13,14)/t9-/m1/s1. The van der Waals surface area contributed by atoms with Crippen molar-refractivity contribution in [3.8, 4) is 0 Å². The summed E-state index contributed by atoms with van der Waals surface area (Å²) >= 11 is 3.00. The predicted octanol–water partition coefficient (Wildman–Crippen LogP) is 1.62. The van der Waals surface area contributed by atoms with Gasteiger partial charge < -0.3 is 10.8 Å². The van der Waals surface area contributed by atoms with E-state index in [-0.39, 0.29) is 15.7 Å². The van der Waals surface area contributed by atoms with Crippen molar-refractivity contribution in [2.45, 2.75) is 12.5 Å². The van der Waals surface area contributed by atoms with E-state index in [0.717, 1.165) is 0 Å². The number of carboxylic acid groups (broad SMARTS) is 1. The highest BCUT2D eigenvalue weighted by molar-refractivity contribution is 9.10. The van der Waals surface area contributed by atoms with Crippen LogP contribution >= 0.6 is 15.9 Å². The fourth-order valence-electron chi connectivity index (χ4n) is 1.24. The molecule has 1 atom stereocenters. The van der Waals surface area contributed by atoms with Gasteiger partial charge in [-0.15, -0.1) is 0 Å². The van der Waals surface area contributed by atoms with Crippen LogP contribution in [-0.4, -0.2) is 16.0 Å². The van der Waals surface area contributed by atoms with Gasteiger partial charge in [0.05, 0.1) is 15.0 Å². The number of nitrogens with two attached hydrogens (primary N) is 1. The molecule has 6 nitrogen and oxygen atoms in total. The van der Waals surface area contributed by atoms with E-state index in [0.29, 0.717) is 0 Å².